The van der Waals surface area contributed by atoms with Crippen molar-refractivity contribution in [3.63, 3.8) is 0 Å². The lowest BCUT2D eigenvalue weighted by Crippen LogP contribution is -2.07. The van der Waals surface area contributed by atoms with Crippen molar-refractivity contribution in [1.82, 2.24) is 4.98 Å². The number of hydrogen-bond donors (Lipinski definition) is 1. The van der Waals surface area contributed by atoms with Crippen LogP contribution < -0.4 is 10.1 Å². The number of nitrogens with zero attached hydrogens (tertiary/aromatic N) is 1. The molecule has 0 saturated heterocycles. The highest BCUT2D eigenvalue weighted by molar-refractivity contribution is 7.13. The van der Waals surface area contributed by atoms with Gasteiger partial charge in [-0.25, -0.2) is 4.98 Å². The Hall–Kier alpha value is -2.14. The van der Waals surface area contributed by atoms with Crippen LogP contribution in [0.15, 0.2) is 35.7 Å². The minimum atomic E-state index is -0.190. The fraction of sp³-hybridized carbons (Fsp3) is 0.143. The van der Waals surface area contributed by atoms with Crippen molar-refractivity contribution in [2.45, 2.75) is 6.92 Å². The van der Waals surface area contributed by atoms with Gasteiger partial charge in [0.05, 0.1) is 12.8 Å². The van der Waals surface area contributed by atoms with Crippen LogP contribution in [0, 0.1) is 6.92 Å². The van der Waals surface area contributed by atoms with E-state index in [-0.39, 0.29) is 5.91 Å². The van der Waals surface area contributed by atoms with Gasteiger partial charge in [-0.15, -0.1) is 11.3 Å². The largest absolute Gasteiger partial charge is 0.497 e. The number of aryl methyl sites for hydroxylation is 1. The molecule has 1 aromatic carbocycles. The van der Waals surface area contributed by atoms with Crippen LogP contribution in [-0.4, -0.2) is 18.0 Å². The van der Waals surface area contributed by atoms with E-state index in [1.165, 1.54) is 17.4 Å². The fourth-order valence-electron chi connectivity index (χ4n) is 1.45. The first-order valence-corrected chi connectivity index (χ1v) is 6.60. The molecule has 0 saturated carbocycles. The Morgan fingerprint density at radius 2 is 2.11 bits per heavy atom. The van der Waals surface area contributed by atoms with Crippen LogP contribution in [0.1, 0.15) is 11.3 Å². The number of methoxy groups -OCH3 is 1. The number of thiazole rings is 1. The van der Waals surface area contributed by atoms with Crippen LogP contribution in [0.3, 0.4) is 0 Å². The molecule has 1 N–H and O–H groups in total. The highest BCUT2D eigenvalue weighted by Gasteiger charge is 2.01. The molecule has 0 radical (unpaired) electrons. The number of nitrogens with one attached hydrogen (secondary N) is 1. The third-order valence-corrected chi connectivity index (χ3v) is 3.27. The van der Waals surface area contributed by atoms with Crippen molar-refractivity contribution in [2.24, 2.45) is 0 Å². The smallest absolute Gasteiger partial charge is 0.250 e. The Bertz CT molecular complexity index is 588. The van der Waals surface area contributed by atoms with E-state index in [0.717, 1.165) is 17.0 Å². The molecule has 98 valence electrons. The molecule has 5 heteroatoms. The van der Waals surface area contributed by atoms with Crippen LogP contribution in [0.25, 0.3) is 6.08 Å². The van der Waals surface area contributed by atoms with Crippen molar-refractivity contribution in [3.05, 3.63) is 47.0 Å². The fourth-order valence-corrected chi connectivity index (χ4v) is 2.14. The lowest BCUT2D eigenvalue weighted by molar-refractivity contribution is -0.111. The number of rotatable bonds is 4. The van der Waals surface area contributed by atoms with E-state index in [1.807, 2.05) is 36.6 Å². The summed E-state index contributed by atoms with van der Waals surface area (Å²) in [4.78, 5) is 15.8. The first-order chi connectivity index (χ1) is 9.17. The minimum absolute atomic E-state index is 0.190. The first-order valence-electron chi connectivity index (χ1n) is 5.72. The monoisotopic (exact) mass is 274 g/mol. The molecule has 0 aliphatic carbocycles. The number of amides is 1. The van der Waals surface area contributed by atoms with Gasteiger partial charge in [0.1, 0.15) is 5.75 Å². The van der Waals surface area contributed by atoms with Crippen LogP contribution in [-0.2, 0) is 4.79 Å². The number of hydrogen-bond acceptors (Lipinski definition) is 4. The maximum absolute atomic E-state index is 11.7. The highest BCUT2D eigenvalue weighted by Crippen LogP contribution is 2.15. The van der Waals surface area contributed by atoms with Gasteiger partial charge in [-0.3, -0.25) is 10.1 Å². The Balaban J connectivity index is 1.95. The van der Waals surface area contributed by atoms with Crippen LogP contribution >= 0.6 is 11.3 Å². The minimum Gasteiger partial charge on any atom is -0.497 e. The number of carbonyl (C=O) groups excluding carboxylic acids is 1. The molecule has 2 aromatic rings. The molecular weight excluding hydrogens is 260 g/mol. The second kappa shape index (κ2) is 6.15. The molecule has 19 heavy (non-hydrogen) atoms. The van der Waals surface area contributed by atoms with Crippen molar-refractivity contribution in [2.75, 3.05) is 12.4 Å². The van der Waals surface area contributed by atoms with E-state index < -0.39 is 0 Å². The molecule has 0 aliphatic rings. The van der Waals surface area contributed by atoms with E-state index >= 15 is 0 Å². The zero-order valence-electron chi connectivity index (χ0n) is 10.7. The van der Waals surface area contributed by atoms with Gasteiger partial charge in [0.2, 0.25) is 5.91 Å². The number of ether oxygens (including phenoxy) is 1. The Kier molecular flexibility index (Phi) is 4.30. The summed E-state index contributed by atoms with van der Waals surface area (Å²) in [5.74, 6) is 0.602. The molecule has 0 bridgehead atoms. The molecule has 4 nitrogen and oxygen atoms in total. The van der Waals surface area contributed by atoms with Crippen LogP contribution in [0.2, 0.25) is 0 Å². The zero-order valence-corrected chi connectivity index (χ0v) is 11.5. The predicted molar refractivity (Wildman–Crippen MR) is 77.5 cm³/mol. The average molecular weight is 274 g/mol. The molecule has 0 atom stereocenters. The first kappa shape index (κ1) is 13.3. The number of aromatic nitrogens is 1. The highest BCUT2D eigenvalue weighted by atomic mass is 32.1. The summed E-state index contributed by atoms with van der Waals surface area (Å²) in [6, 6.07) is 7.47. The molecule has 0 unspecified atom stereocenters. The second-order valence-electron chi connectivity index (χ2n) is 3.89. The topological polar surface area (TPSA) is 51.2 Å². The molecule has 2 rings (SSSR count). The lowest BCUT2D eigenvalue weighted by Gasteiger charge is -1.99. The lowest BCUT2D eigenvalue weighted by atomic mass is 10.2. The summed E-state index contributed by atoms with van der Waals surface area (Å²) in [6.07, 6.45) is 3.23. The van der Waals surface area contributed by atoms with E-state index in [1.54, 1.807) is 13.2 Å². The maximum atomic E-state index is 11.7. The second-order valence-corrected chi connectivity index (χ2v) is 4.75. The molecule has 0 fully saturated rings. The molecule has 1 aromatic heterocycles. The summed E-state index contributed by atoms with van der Waals surface area (Å²) in [6.45, 7) is 1.89. The van der Waals surface area contributed by atoms with Crippen molar-refractivity contribution in [3.8, 4) is 5.75 Å². The van der Waals surface area contributed by atoms with Crippen LogP contribution in [0.4, 0.5) is 5.13 Å². The quantitative estimate of drug-likeness (QED) is 0.871. The van der Waals surface area contributed by atoms with Crippen molar-refractivity contribution in [1.29, 1.82) is 0 Å². The third-order valence-electron chi connectivity index (χ3n) is 2.39. The van der Waals surface area contributed by atoms with Gasteiger partial charge in [0, 0.05) is 11.5 Å². The van der Waals surface area contributed by atoms with Gasteiger partial charge >= 0.3 is 0 Å². The predicted octanol–water partition coefficient (Wildman–Crippen LogP) is 3.11. The van der Waals surface area contributed by atoms with Gasteiger partial charge in [-0.1, -0.05) is 12.1 Å². The van der Waals surface area contributed by atoms with E-state index in [2.05, 4.69) is 10.3 Å². The summed E-state index contributed by atoms with van der Waals surface area (Å²) < 4.78 is 5.07. The molecular formula is C14H14N2O2S. The summed E-state index contributed by atoms with van der Waals surface area (Å²) in [5, 5.41) is 5.22. The normalized spacial score (nSPS) is 10.6. The standard InChI is InChI=1S/C14H14N2O2S/c1-10-9-19-14(15-10)16-13(17)8-5-11-3-6-12(18-2)7-4-11/h3-9H,1-2H3,(H,15,16,17)/b8-5+. The summed E-state index contributed by atoms with van der Waals surface area (Å²) in [7, 11) is 1.62. The van der Waals surface area contributed by atoms with Crippen LogP contribution in [0.5, 0.6) is 5.75 Å². The Morgan fingerprint density at radius 3 is 2.68 bits per heavy atom. The summed E-state index contributed by atoms with van der Waals surface area (Å²) in [5.41, 5.74) is 1.84. The van der Waals surface area contributed by atoms with E-state index in [4.69, 9.17) is 4.74 Å². The van der Waals surface area contributed by atoms with E-state index in [0.29, 0.717) is 5.13 Å². The van der Waals surface area contributed by atoms with Gasteiger partial charge in [0.25, 0.3) is 0 Å². The number of anilines is 1. The van der Waals surface area contributed by atoms with Gasteiger partial charge in [-0.05, 0) is 30.7 Å². The van der Waals surface area contributed by atoms with Gasteiger partial charge in [0.15, 0.2) is 5.13 Å². The maximum Gasteiger partial charge on any atom is 0.250 e. The molecule has 0 spiro atoms. The third kappa shape index (κ3) is 3.93. The molecule has 1 heterocycles. The van der Waals surface area contributed by atoms with Gasteiger partial charge < -0.3 is 4.74 Å². The molecule has 0 aliphatic heterocycles. The van der Waals surface area contributed by atoms with E-state index in [9.17, 15) is 4.79 Å². The zero-order chi connectivity index (χ0) is 13.7. The molecule has 1 amide bonds. The Morgan fingerprint density at radius 1 is 1.37 bits per heavy atom. The average Bonchev–Trinajstić information content (AvgIpc) is 2.82. The van der Waals surface area contributed by atoms with Crippen molar-refractivity contribution >= 4 is 28.5 Å². The SMILES string of the molecule is COc1ccc(/C=C/C(=O)Nc2nc(C)cs2)cc1. The van der Waals surface area contributed by atoms with Crippen molar-refractivity contribution < 1.29 is 9.53 Å². The number of benzene rings is 1. The number of carbonyl (C=O) groups is 1. The summed E-state index contributed by atoms with van der Waals surface area (Å²) >= 11 is 1.41. The van der Waals surface area contributed by atoms with Gasteiger partial charge in [-0.2, -0.15) is 0 Å². The Labute approximate surface area is 115 Å².